The zero-order valence-electron chi connectivity index (χ0n) is 26.4. The van der Waals surface area contributed by atoms with E-state index in [9.17, 15) is 0 Å². The van der Waals surface area contributed by atoms with Gasteiger partial charge in [-0.1, -0.05) is 119 Å². The van der Waals surface area contributed by atoms with Crippen molar-refractivity contribution in [2.45, 2.75) is 72.1 Å². The fourth-order valence-corrected chi connectivity index (χ4v) is 5.69. The van der Waals surface area contributed by atoms with Crippen LogP contribution in [0.15, 0.2) is 103 Å². The Balaban J connectivity index is 0.000000162. The minimum absolute atomic E-state index is 0.177. The molecule has 0 spiro atoms. The topological polar surface area (TPSA) is 0 Å². The summed E-state index contributed by atoms with van der Waals surface area (Å²) in [5, 5.41) is 0. The van der Waals surface area contributed by atoms with Crippen LogP contribution in [0.5, 0.6) is 0 Å². The molecule has 0 N–H and O–H groups in total. The van der Waals surface area contributed by atoms with Crippen molar-refractivity contribution in [2.75, 3.05) is 0 Å². The van der Waals surface area contributed by atoms with E-state index in [1.165, 1.54) is 74.3 Å². The summed E-state index contributed by atoms with van der Waals surface area (Å²) in [6.45, 7) is 15.8. The van der Waals surface area contributed by atoms with Crippen molar-refractivity contribution in [3.05, 3.63) is 149 Å². The standard InChI is InChI=1S/C21H25.C12H11.C8H8.Zr/c1-20(2,3)16-9-7-14-11-15-8-10-17(21(4,5)6)13-19(15)18(14)12-16;1-10-7-8-12(9-10)11-5-3-2-4-6-11;1-2-8-6-4-3-5-7-8;/h7,9-10,12-13H,11H2,1-6H3;2-6,8-10H,1H3;1,3-7H,2H2;/q2*-1;;+2. The van der Waals surface area contributed by atoms with Crippen molar-refractivity contribution < 1.29 is 24.2 Å². The maximum atomic E-state index is 3.53. The molecule has 4 aromatic carbocycles. The van der Waals surface area contributed by atoms with Gasteiger partial charge >= 0.3 is 70.3 Å². The van der Waals surface area contributed by atoms with Gasteiger partial charge in [0.25, 0.3) is 0 Å². The molecule has 42 heavy (non-hydrogen) atoms. The zero-order valence-corrected chi connectivity index (χ0v) is 28.8. The number of hydrogen-bond donors (Lipinski definition) is 0. The SMILES string of the molecule is CC(C)(C)c1c[c-]c2c(c1)-c1cc(C(C)(C)C)ccc1C2.CC1[C-]=CC(c2ccccc2)=C1.[Zr+2]=[CH]Cc1ccccc1. The van der Waals surface area contributed by atoms with Gasteiger partial charge in [-0.3, -0.25) is 6.08 Å². The average molecular weight is 628 g/mol. The van der Waals surface area contributed by atoms with E-state index in [0.29, 0.717) is 5.92 Å². The molecule has 0 fully saturated rings. The molecule has 1 atom stereocenters. The fraction of sp³-hybridized carbons (Fsp3) is 0.293. The van der Waals surface area contributed by atoms with Gasteiger partial charge in [0.05, 0.1) is 0 Å². The molecule has 0 radical (unpaired) electrons. The second kappa shape index (κ2) is 14.1. The molecule has 0 aromatic heterocycles. The number of fused-ring (bicyclic) bond motifs is 3. The summed E-state index contributed by atoms with van der Waals surface area (Å²) < 4.78 is 2.25. The number of hydrogen-bond acceptors (Lipinski definition) is 0. The molecule has 1 heteroatoms. The zero-order chi connectivity index (χ0) is 30.3. The third-order valence-corrected chi connectivity index (χ3v) is 8.25. The molecule has 0 bridgehead atoms. The van der Waals surface area contributed by atoms with Crippen LogP contribution in [0.3, 0.4) is 0 Å². The second-order valence-electron chi connectivity index (χ2n) is 13.3. The molecule has 2 aliphatic carbocycles. The Morgan fingerprint density at radius 1 is 0.786 bits per heavy atom. The molecule has 1 unspecified atom stereocenters. The van der Waals surface area contributed by atoms with Crippen molar-refractivity contribution in [3.8, 4) is 11.1 Å². The Labute approximate surface area is 269 Å². The number of benzene rings is 4. The monoisotopic (exact) mass is 626 g/mol. The van der Waals surface area contributed by atoms with Crippen LogP contribution in [0, 0.1) is 18.1 Å². The third-order valence-electron chi connectivity index (χ3n) is 7.75. The van der Waals surface area contributed by atoms with Gasteiger partial charge in [0.2, 0.25) is 0 Å². The van der Waals surface area contributed by atoms with E-state index in [1.807, 2.05) is 12.1 Å². The van der Waals surface area contributed by atoms with Crippen LogP contribution in [0.25, 0.3) is 16.7 Å². The van der Waals surface area contributed by atoms with Crippen LogP contribution < -0.4 is 0 Å². The number of allylic oxidation sites excluding steroid dienone is 4. The van der Waals surface area contributed by atoms with Crippen LogP contribution in [-0.2, 0) is 47.9 Å². The van der Waals surface area contributed by atoms with E-state index in [0.717, 1.165) is 12.8 Å². The molecule has 0 nitrogen and oxygen atoms in total. The van der Waals surface area contributed by atoms with Crippen molar-refractivity contribution in [1.29, 1.82) is 0 Å². The molecule has 0 amide bonds. The van der Waals surface area contributed by atoms with Crippen molar-refractivity contribution in [1.82, 2.24) is 0 Å². The first-order valence-electron chi connectivity index (χ1n) is 15.0. The van der Waals surface area contributed by atoms with Crippen molar-refractivity contribution in [2.24, 2.45) is 5.92 Å². The average Bonchev–Trinajstić information content (AvgIpc) is 3.57. The van der Waals surface area contributed by atoms with E-state index in [4.69, 9.17) is 0 Å². The fourth-order valence-electron chi connectivity index (χ4n) is 5.11. The molecular formula is C41H44Zr. The first-order valence-corrected chi connectivity index (χ1v) is 16.5. The van der Waals surface area contributed by atoms with Crippen LogP contribution in [0.1, 0.15) is 81.8 Å². The van der Waals surface area contributed by atoms with Gasteiger partial charge in [-0.05, 0) is 17.4 Å². The summed E-state index contributed by atoms with van der Waals surface area (Å²) in [6.07, 6.45) is 9.70. The molecule has 0 aliphatic heterocycles. The van der Waals surface area contributed by atoms with Gasteiger partial charge in [0.1, 0.15) is 0 Å². The van der Waals surface area contributed by atoms with Gasteiger partial charge in [0.15, 0.2) is 0 Å². The summed E-state index contributed by atoms with van der Waals surface area (Å²) in [4.78, 5) is 0. The van der Waals surface area contributed by atoms with Crippen LogP contribution >= 0.6 is 0 Å². The first-order chi connectivity index (χ1) is 20.0. The summed E-state index contributed by atoms with van der Waals surface area (Å²) in [6, 6.07) is 36.0. The third kappa shape index (κ3) is 8.58. The molecule has 2 aliphatic rings. The molecule has 0 heterocycles. The Morgan fingerprint density at radius 2 is 1.40 bits per heavy atom. The normalized spacial score (nSPS) is 15.0. The van der Waals surface area contributed by atoms with E-state index in [1.54, 1.807) is 0 Å². The first kappa shape index (κ1) is 32.0. The van der Waals surface area contributed by atoms with Gasteiger partial charge in [-0.15, -0.1) is 11.1 Å². The second-order valence-corrected chi connectivity index (χ2v) is 14.3. The Bertz CT molecular complexity index is 1480. The van der Waals surface area contributed by atoms with Crippen molar-refractivity contribution in [3.63, 3.8) is 0 Å². The molecule has 6 rings (SSSR count). The van der Waals surface area contributed by atoms with Crippen LogP contribution in [0.4, 0.5) is 0 Å². The molecule has 0 saturated heterocycles. The summed E-state index contributed by atoms with van der Waals surface area (Å²) in [7, 11) is 0. The van der Waals surface area contributed by atoms with Gasteiger partial charge < -0.3 is 0 Å². The van der Waals surface area contributed by atoms with Crippen LogP contribution in [0.2, 0.25) is 0 Å². The van der Waals surface area contributed by atoms with E-state index in [-0.39, 0.29) is 10.8 Å². The van der Waals surface area contributed by atoms with Crippen LogP contribution in [-0.4, -0.2) is 3.71 Å². The maximum absolute atomic E-state index is 3.53. The molecular weight excluding hydrogens is 584 g/mol. The summed E-state index contributed by atoms with van der Waals surface area (Å²) >= 11 is 1.51. The summed E-state index contributed by atoms with van der Waals surface area (Å²) in [5.41, 5.74) is 12.8. The quantitative estimate of drug-likeness (QED) is 0.175. The summed E-state index contributed by atoms with van der Waals surface area (Å²) in [5.74, 6) is 0.472. The number of rotatable bonds is 3. The Hall–Kier alpha value is -2.89. The van der Waals surface area contributed by atoms with E-state index < -0.39 is 0 Å². The molecule has 0 saturated carbocycles. The molecule has 4 aromatic rings. The Kier molecular flexibility index (Phi) is 10.7. The van der Waals surface area contributed by atoms with E-state index >= 15 is 0 Å². The van der Waals surface area contributed by atoms with Crippen molar-refractivity contribution >= 4 is 9.28 Å². The molecule has 212 valence electrons. The van der Waals surface area contributed by atoms with Gasteiger partial charge in [-0.25, -0.2) is 6.08 Å². The Morgan fingerprint density at radius 3 is 1.98 bits per heavy atom. The minimum atomic E-state index is 0.177. The van der Waals surface area contributed by atoms with Gasteiger partial charge in [-0.2, -0.15) is 41.0 Å². The predicted octanol–water partition coefficient (Wildman–Crippen LogP) is 10.3. The van der Waals surface area contributed by atoms with Gasteiger partial charge in [0, 0.05) is 0 Å². The van der Waals surface area contributed by atoms with E-state index in [2.05, 4.69) is 155 Å². The predicted molar refractivity (Wildman–Crippen MR) is 179 cm³/mol.